The zero-order valence-corrected chi connectivity index (χ0v) is 18.9. The van der Waals surface area contributed by atoms with Crippen LogP contribution in [0.2, 0.25) is 5.02 Å². The fourth-order valence-corrected chi connectivity index (χ4v) is 3.92. The summed E-state index contributed by atoms with van der Waals surface area (Å²) >= 11 is 9.13. The number of anilines is 1. The van der Waals surface area contributed by atoms with Crippen LogP contribution in [0.1, 0.15) is 22.8 Å². The molecule has 0 spiro atoms. The van der Waals surface area contributed by atoms with E-state index in [1.54, 1.807) is 43.3 Å². The van der Waals surface area contributed by atoms with E-state index in [0.717, 1.165) is 10.0 Å². The van der Waals surface area contributed by atoms with Gasteiger partial charge in [-0.05, 0) is 73.2 Å². The van der Waals surface area contributed by atoms with E-state index in [-0.39, 0.29) is 4.90 Å². The first-order valence-corrected chi connectivity index (χ1v) is 11.4. The molecule has 0 saturated carbocycles. The molecule has 0 fully saturated rings. The van der Waals surface area contributed by atoms with Crippen LogP contribution in [0.4, 0.5) is 5.69 Å². The monoisotopic (exact) mass is 505 g/mol. The lowest BCUT2D eigenvalue weighted by molar-refractivity contribution is 0.0955. The van der Waals surface area contributed by atoms with Gasteiger partial charge >= 0.3 is 0 Å². The molecule has 0 radical (unpaired) electrons. The van der Waals surface area contributed by atoms with Crippen LogP contribution in [0.3, 0.4) is 0 Å². The van der Waals surface area contributed by atoms with Crippen molar-refractivity contribution in [2.24, 2.45) is 5.10 Å². The number of nitrogens with zero attached hydrogens (tertiary/aromatic N) is 1. The average molecular weight is 507 g/mol. The predicted molar refractivity (Wildman–Crippen MR) is 123 cm³/mol. The minimum atomic E-state index is -3.72. The SMILES string of the molecule is C/C(=N\NC(=O)c1ccc(NS(=O)(=O)c2ccc(Br)cc2)cc1)c1ccc(Cl)cc1. The number of carbonyl (C=O) groups is 1. The van der Waals surface area contributed by atoms with E-state index in [4.69, 9.17) is 11.6 Å². The Hall–Kier alpha value is -2.68. The Bertz CT molecular complexity index is 1180. The number of nitrogens with one attached hydrogen (secondary N) is 2. The van der Waals surface area contributed by atoms with E-state index in [2.05, 4.69) is 31.2 Å². The summed E-state index contributed by atoms with van der Waals surface area (Å²) in [5.74, 6) is -0.411. The molecule has 154 valence electrons. The number of sulfonamides is 1. The van der Waals surface area contributed by atoms with Gasteiger partial charge in [0, 0.05) is 20.7 Å². The highest BCUT2D eigenvalue weighted by Crippen LogP contribution is 2.19. The molecule has 3 aromatic carbocycles. The summed E-state index contributed by atoms with van der Waals surface area (Å²) in [6.07, 6.45) is 0. The maximum atomic E-state index is 12.4. The number of hydrazone groups is 1. The predicted octanol–water partition coefficient (Wildman–Crippen LogP) is 5.06. The van der Waals surface area contributed by atoms with Crippen molar-refractivity contribution in [1.82, 2.24) is 5.43 Å². The molecular formula is C21H17BrClN3O3S. The fourth-order valence-electron chi connectivity index (χ4n) is 2.47. The Labute approximate surface area is 188 Å². The molecule has 0 bridgehead atoms. The smallest absolute Gasteiger partial charge is 0.271 e. The number of benzene rings is 3. The third-order valence-electron chi connectivity index (χ3n) is 4.11. The minimum Gasteiger partial charge on any atom is -0.280 e. The van der Waals surface area contributed by atoms with Crippen molar-refractivity contribution in [3.8, 4) is 0 Å². The number of hydrogen-bond donors (Lipinski definition) is 2. The maximum Gasteiger partial charge on any atom is 0.271 e. The van der Waals surface area contributed by atoms with Gasteiger partial charge in [-0.3, -0.25) is 9.52 Å². The maximum absolute atomic E-state index is 12.4. The largest absolute Gasteiger partial charge is 0.280 e. The molecular weight excluding hydrogens is 490 g/mol. The van der Waals surface area contributed by atoms with Crippen molar-refractivity contribution in [1.29, 1.82) is 0 Å². The fraction of sp³-hybridized carbons (Fsp3) is 0.0476. The molecule has 1 amide bonds. The zero-order valence-electron chi connectivity index (χ0n) is 15.8. The Balaban J connectivity index is 1.66. The van der Waals surface area contributed by atoms with Crippen LogP contribution in [-0.4, -0.2) is 20.0 Å². The first-order chi connectivity index (χ1) is 14.2. The average Bonchev–Trinajstić information content (AvgIpc) is 2.73. The van der Waals surface area contributed by atoms with Crippen molar-refractivity contribution < 1.29 is 13.2 Å². The summed E-state index contributed by atoms with van der Waals surface area (Å²) in [4.78, 5) is 12.4. The quantitative estimate of drug-likeness (QED) is 0.362. The van der Waals surface area contributed by atoms with Crippen molar-refractivity contribution in [3.63, 3.8) is 0 Å². The lowest BCUT2D eigenvalue weighted by Crippen LogP contribution is -2.19. The van der Waals surface area contributed by atoms with Crippen molar-refractivity contribution in [3.05, 3.63) is 93.4 Å². The van der Waals surface area contributed by atoms with E-state index in [9.17, 15) is 13.2 Å². The third kappa shape index (κ3) is 5.69. The molecule has 0 unspecified atom stereocenters. The second-order valence-corrected chi connectivity index (χ2v) is 9.32. The standard InChI is InChI=1S/C21H17BrClN3O3S/c1-14(15-2-8-18(23)9-3-15)24-25-21(27)16-4-10-19(11-5-16)26-30(28,29)20-12-6-17(22)7-13-20/h2-13,26H,1H3,(H,25,27)/b24-14+. The van der Waals surface area contributed by atoms with E-state index < -0.39 is 15.9 Å². The molecule has 0 heterocycles. The van der Waals surface area contributed by atoms with E-state index in [1.807, 2.05) is 0 Å². The van der Waals surface area contributed by atoms with Crippen LogP contribution < -0.4 is 10.1 Å². The number of hydrogen-bond acceptors (Lipinski definition) is 4. The molecule has 0 aromatic heterocycles. The van der Waals surface area contributed by atoms with Crippen LogP contribution in [-0.2, 0) is 10.0 Å². The summed E-state index contributed by atoms with van der Waals surface area (Å²) in [6, 6.07) is 19.4. The molecule has 0 aliphatic heterocycles. The van der Waals surface area contributed by atoms with Crippen LogP contribution in [0.25, 0.3) is 0 Å². The molecule has 2 N–H and O–H groups in total. The number of halogens is 2. The molecule has 3 aromatic rings. The zero-order chi connectivity index (χ0) is 21.7. The van der Waals surface area contributed by atoms with Gasteiger partial charge in [0.1, 0.15) is 0 Å². The molecule has 6 nitrogen and oxygen atoms in total. The molecule has 0 aliphatic carbocycles. The van der Waals surface area contributed by atoms with Crippen molar-refractivity contribution in [2.75, 3.05) is 4.72 Å². The Morgan fingerprint density at radius 3 is 2.07 bits per heavy atom. The van der Waals surface area contributed by atoms with Crippen molar-refractivity contribution >= 4 is 54.9 Å². The summed E-state index contributed by atoms with van der Waals surface area (Å²) in [5, 5.41) is 4.70. The number of carbonyl (C=O) groups excluding carboxylic acids is 1. The molecule has 0 aliphatic rings. The minimum absolute atomic E-state index is 0.138. The highest BCUT2D eigenvalue weighted by Gasteiger charge is 2.14. The highest BCUT2D eigenvalue weighted by molar-refractivity contribution is 9.10. The Kier molecular flexibility index (Phi) is 6.91. The Morgan fingerprint density at radius 1 is 0.900 bits per heavy atom. The highest BCUT2D eigenvalue weighted by atomic mass is 79.9. The number of rotatable bonds is 6. The first kappa shape index (κ1) is 22.0. The Morgan fingerprint density at radius 2 is 1.47 bits per heavy atom. The van der Waals surface area contributed by atoms with Gasteiger partial charge in [0.05, 0.1) is 10.6 Å². The summed E-state index contributed by atoms with van der Waals surface area (Å²) in [7, 11) is -3.72. The molecule has 0 atom stereocenters. The first-order valence-electron chi connectivity index (χ1n) is 8.73. The van der Waals surface area contributed by atoms with E-state index in [0.29, 0.717) is 22.0 Å². The molecule has 0 saturated heterocycles. The van der Waals surface area contributed by atoms with Crippen LogP contribution in [0.5, 0.6) is 0 Å². The second kappa shape index (κ2) is 9.42. The number of amides is 1. The molecule has 3 rings (SSSR count). The second-order valence-electron chi connectivity index (χ2n) is 6.28. The van der Waals surface area contributed by atoms with Gasteiger partial charge < -0.3 is 0 Å². The normalized spacial score (nSPS) is 11.8. The van der Waals surface area contributed by atoms with Gasteiger partial charge in [0.2, 0.25) is 0 Å². The van der Waals surface area contributed by atoms with Crippen LogP contribution in [0, 0.1) is 0 Å². The van der Waals surface area contributed by atoms with Gasteiger partial charge in [-0.25, -0.2) is 13.8 Å². The van der Waals surface area contributed by atoms with Gasteiger partial charge in [-0.2, -0.15) is 5.10 Å². The van der Waals surface area contributed by atoms with E-state index >= 15 is 0 Å². The van der Waals surface area contributed by atoms with E-state index in [1.165, 1.54) is 36.4 Å². The molecule has 30 heavy (non-hydrogen) atoms. The van der Waals surface area contributed by atoms with Crippen molar-refractivity contribution in [2.45, 2.75) is 11.8 Å². The molecule has 9 heteroatoms. The van der Waals surface area contributed by atoms with Crippen LogP contribution >= 0.6 is 27.5 Å². The lowest BCUT2D eigenvalue weighted by atomic mass is 10.1. The van der Waals surface area contributed by atoms with Gasteiger partial charge in [-0.15, -0.1) is 0 Å². The summed E-state index contributed by atoms with van der Waals surface area (Å²) in [6.45, 7) is 1.77. The van der Waals surface area contributed by atoms with Crippen LogP contribution in [0.15, 0.2) is 87.3 Å². The topological polar surface area (TPSA) is 87.6 Å². The lowest BCUT2D eigenvalue weighted by Gasteiger charge is -2.09. The van der Waals surface area contributed by atoms with Gasteiger partial charge in [0.25, 0.3) is 15.9 Å². The third-order valence-corrected chi connectivity index (χ3v) is 6.29. The van der Waals surface area contributed by atoms with Gasteiger partial charge in [-0.1, -0.05) is 39.7 Å². The van der Waals surface area contributed by atoms with Gasteiger partial charge in [0.15, 0.2) is 0 Å². The summed E-state index contributed by atoms with van der Waals surface area (Å²) < 4.78 is 28.1. The summed E-state index contributed by atoms with van der Waals surface area (Å²) in [5.41, 5.74) is 4.62.